The fourth-order valence-electron chi connectivity index (χ4n) is 6.31. The molecule has 0 spiro atoms. The number of carbonyl (C=O) groups excluding carboxylic acids is 2. The number of allylic oxidation sites excluding steroid dienone is 2. The molecular weight excluding hydrogens is 486 g/mol. The van der Waals surface area contributed by atoms with Crippen molar-refractivity contribution in [3.63, 3.8) is 0 Å². The van der Waals surface area contributed by atoms with E-state index in [1.165, 1.54) is 11.1 Å². The van der Waals surface area contributed by atoms with Gasteiger partial charge in [-0.2, -0.15) is 0 Å². The van der Waals surface area contributed by atoms with E-state index in [-0.39, 0.29) is 18.4 Å². The number of aliphatic hydroxyl groups is 1. The zero-order chi connectivity index (χ0) is 27.8. The van der Waals surface area contributed by atoms with E-state index in [0.717, 1.165) is 31.2 Å². The van der Waals surface area contributed by atoms with Gasteiger partial charge in [-0.3, -0.25) is 9.59 Å². The first-order valence-electron chi connectivity index (χ1n) is 14.4. The monoisotopic (exact) mass is 529 g/mol. The third kappa shape index (κ3) is 6.68. The zero-order valence-corrected chi connectivity index (χ0v) is 23.3. The fourth-order valence-corrected chi connectivity index (χ4v) is 6.31. The SMILES string of the molecule is CCCN(CCC)C(=O)C1([C@H](Cc2ccccc2)[C@@H](O)CNC2Cc3ccccc3C2)C=CC=C(C(N)=O)C1. The number of fused-ring (bicyclic) bond motifs is 1. The second-order valence-electron chi connectivity index (χ2n) is 11.1. The standard InChI is InChI=1S/C33H43N3O3/c1-3-17-36(18-4-2)32(39)33(16-10-15-27(22-33)31(34)38)29(19-24-11-6-5-7-12-24)30(37)23-35-28-20-25-13-8-9-14-26(25)21-28/h5-16,28-30,35,37H,3-4,17-23H2,1-2H3,(H2,34,38)/t29-,30+,33?/m1/s1. The Bertz CT molecular complexity index is 1160. The van der Waals surface area contributed by atoms with Crippen LogP contribution in [0.3, 0.4) is 0 Å². The molecule has 2 aliphatic rings. The smallest absolute Gasteiger partial charge is 0.244 e. The lowest BCUT2D eigenvalue weighted by molar-refractivity contribution is -0.145. The molecule has 0 heterocycles. The van der Waals surface area contributed by atoms with Crippen LogP contribution in [0, 0.1) is 11.3 Å². The number of hydrogen-bond donors (Lipinski definition) is 3. The van der Waals surface area contributed by atoms with Crippen LogP contribution in [0.4, 0.5) is 0 Å². The molecule has 1 unspecified atom stereocenters. The number of carbonyl (C=O) groups is 2. The zero-order valence-electron chi connectivity index (χ0n) is 23.3. The Morgan fingerprint density at radius 1 is 1.03 bits per heavy atom. The van der Waals surface area contributed by atoms with Crippen LogP contribution >= 0.6 is 0 Å². The van der Waals surface area contributed by atoms with Crippen molar-refractivity contribution in [2.75, 3.05) is 19.6 Å². The van der Waals surface area contributed by atoms with E-state index < -0.39 is 23.3 Å². The minimum absolute atomic E-state index is 0.0393. The van der Waals surface area contributed by atoms with Crippen molar-refractivity contribution in [2.24, 2.45) is 17.1 Å². The van der Waals surface area contributed by atoms with Crippen LogP contribution in [0.25, 0.3) is 0 Å². The summed E-state index contributed by atoms with van der Waals surface area (Å²) in [6, 6.07) is 18.7. The fraction of sp³-hybridized carbons (Fsp3) is 0.455. The van der Waals surface area contributed by atoms with Gasteiger partial charge in [0.1, 0.15) is 0 Å². The minimum Gasteiger partial charge on any atom is -0.391 e. The van der Waals surface area contributed by atoms with Crippen molar-refractivity contribution in [3.8, 4) is 0 Å². The van der Waals surface area contributed by atoms with E-state index in [9.17, 15) is 14.7 Å². The predicted molar refractivity (Wildman–Crippen MR) is 156 cm³/mol. The highest BCUT2D eigenvalue weighted by atomic mass is 16.3. The summed E-state index contributed by atoms with van der Waals surface area (Å²) in [6.07, 6.45) is 8.79. The van der Waals surface area contributed by atoms with Crippen LogP contribution in [0.5, 0.6) is 0 Å². The summed E-state index contributed by atoms with van der Waals surface area (Å²) in [5.41, 5.74) is 8.82. The number of nitrogens with one attached hydrogen (secondary N) is 1. The van der Waals surface area contributed by atoms with Crippen LogP contribution in [0.15, 0.2) is 78.4 Å². The summed E-state index contributed by atoms with van der Waals surface area (Å²) >= 11 is 0. The van der Waals surface area contributed by atoms with Crippen LogP contribution < -0.4 is 11.1 Å². The van der Waals surface area contributed by atoms with Crippen molar-refractivity contribution in [2.45, 2.75) is 64.5 Å². The van der Waals surface area contributed by atoms with Crippen LogP contribution in [-0.2, 0) is 28.9 Å². The highest BCUT2D eigenvalue weighted by Crippen LogP contribution is 2.44. The van der Waals surface area contributed by atoms with E-state index in [2.05, 4.69) is 43.4 Å². The molecule has 2 aliphatic carbocycles. The summed E-state index contributed by atoms with van der Waals surface area (Å²) in [7, 11) is 0. The largest absolute Gasteiger partial charge is 0.391 e. The van der Waals surface area contributed by atoms with Gasteiger partial charge >= 0.3 is 0 Å². The maximum absolute atomic E-state index is 14.5. The van der Waals surface area contributed by atoms with E-state index in [0.29, 0.717) is 31.6 Å². The van der Waals surface area contributed by atoms with Gasteiger partial charge in [0.25, 0.3) is 0 Å². The van der Waals surface area contributed by atoms with E-state index in [1.54, 1.807) is 12.2 Å². The molecule has 2 amide bonds. The summed E-state index contributed by atoms with van der Waals surface area (Å²) in [4.78, 5) is 28.7. The molecular formula is C33H43N3O3. The number of benzene rings is 2. The van der Waals surface area contributed by atoms with Crippen molar-refractivity contribution in [3.05, 3.63) is 95.1 Å². The van der Waals surface area contributed by atoms with Gasteiger partial charge in [-0.05, 0) is 55.2 Å². The quantitative estimate of drug-likeness (QED) is 0.366. The molecule has 6 heteroatoms. The Labute approximate surface area is 233 Å². The number of aliphatic hydroxyl groups excluding tert-OH is 1. The molecule has 2 aromatic rings. The third-order valence-electron chi connectivity index (χ3n) is 8.25. The average molecular weight is 530 g/mol. The lowest BCUT2D eigenvalue weighted by Gasteiger charge is -2.44. The Morgan fingerprint density at radius 3 is 2.23 bits per heavy atom. The minimum atomic E-state index is -1.08. The maximum Gasteiger partial charge on any atom is 0.244 e. The number of rotatable bonds is 13. The topological polar surface area (TPSA) is 95.7 Å². The second kappa shape index (κ2) is 13.2. The summed E-state index contributed by atoms with van der Waals surface area (Å²) < 4.78 is 0. The average Bonchev–Trinajstić information content (AvgIpc) is 3.38. The van der Waals surface area contributed by atoms with Crippen molar-refractivity contribution in [1.82, 2.24) is 10.2 Å². The van der Waals surface area contributed by atoms with Crippen molar-refractivity contribution < 1.29 is 14.7 Å². The van der Waals surface area contributed by atoms with Gasteiger partial charge in [0.15, 0.2) is 0 Å². The normalized spacial score (nSPS) is 20.2. The number of primary amides is 1. The van der Waals surface area contributed by atoms with Crippen molar-refractivity contribution >= 4 is 11.8 Å². The first-order valence-corrected chi connectivity index (χ1v) is 14.4. The molecule has 0 aromatic heterocycles. The Morgan fingerprint density at radius 2 is 1.64 bits per heavy atom. The van der Waals surface area contributed by atoms with E-state index in [4.69, 9.17) is 5.73 Å². The van der Waals surface area contributed by atoms with Crippen LogP contribution in [0.1, 0.15) is 49.8 Å². The van der Waals surface area contributed by atoms with Crippen molar-refractivity contribution in [1.29, 1.82) is 0 Å². The Kier molecular flexibility index (Phi) is 9.76. The summed E-state index contributed by atoms with van der Waals surface area (Å²) in [5, 5.41) is 15.5. The van der Waals surface area contributed by atoms with Gasteiger partial charge in [0.2, 0.25) is 11.8 Å². The van der Waals surface area contributed by atoms with E-state index in [1.807, 2.05) is 41.3 Å². The summed E-state index contributed by atoms with van der Waals surface area (Å²) in [5.74, 6) is -1.02. The Hall–Kier alpha value is -3.22. The maximum atomic E-state index is 14.5. The molecule has 2 aromatic carbocycles. The highest BCUT2D eigenvalue weighted by Gasteiger charge is 2.50. The van der Waals surface area contributed by atoms with Gasteiger partial charge in [-0.1, -0.05) is 86.7 Å². The molecule has 0 aliphatic heterocycles. The van der Waals surface area contributed by atoms with Crippen LogP contribution in [-0.4, -0.2) is 53.6 Å². The first kappa shape index (κ1) is 28.8. The molecule has 6 nitrogen and oxygen atoms in total. The Balaban J connectivity index is 1.66. The number of amides is 2. The first-order chi connectivity index (χ1) is 18.9. The predicted octanol–water partition coefficient (Wildman–Crippen LogP) is 3.97. The molecule has 0 fully saturated rings. The molecule has 39 heavy (non-hydrogen) atoms. The molecule has 208 valence electrons. The molecule has 0 saturated carbocycles. The third-order valence-corrected chi connectivity index (χ3v) is 8.25. The molecule has 3 atom stereocenters. The van der Waals surface area contributed by atoms with Gasteiger partial charge < -0.3 is 21.1 Å². The van der Waals surface area contributed by atoms with Gasteiger partial charge in [-0.25, -0.2) is 0 Å². The number of nitrogens with two attached hydrogens (primary N) is 1. The molecule has 4 N–H and O–H groups in total. The van der Waals surface area contributed by atoms with Gasteiger partial charge in [-0.15, -0.1) is 0 Å². The van der Waals surface area contributed by atoms with Crippen LogP contribution in [0.2, 0.25) is 0 Å². The second-order valence-corrected chi connectivity index (χ2v) is 11.1. The highest BCUT2D eigenvalue weighted by molar-refractivity contribution is 5.95. The lowest BCUT2D eigenvalue weighted by atomic mass is 9.63. The van der Waals surface area contributed by atoms with Gasteiger partial charge in [0, 0.05) is 37.2 Å². The van der Waals surface area contributed by atoms with E-state index >= 15 is 0 Å². The van der Waals surface area contributed by atoms with Gasteiger partial charge in [0.05, 0.1) is 11.5 Å². The molecule has 0 bridgehead atoms. The lowest BCUT2D eigenvalue weighted by Crippen LogP contribution is -2.54. The number of hydrogen-bond acceptors (Lipinski definition) is 4. The molecule has 0 saturated heterocycles. The summed E-state index contributed by atoms with van der Waals surface area (Å²) in [6.45, 7) is 5.74. The number of nitrogens with zero attached hydrogens (tertiary/aromatic N) is 1. The molecule has 4 rings (SSSR count). The molecule has 0 radical (unpaired) electrons.